The molecule has 1 atom stereocenters. The number of ether oxygens (including phenoxy) is 1. The zero-order chi connectivity index (χ0) is 16.1. The maximum atomic E-state index is 11.8. The number of carbonyl (C=O) groups is 1. The molecule has 0 spiro atoms. The normalized spacial score (nSPS) is 12.0. The standard InChI is InChI=1S/C19H23NO2/c1-13-11-14(2)18(22-19(21)15(3)20)17(12-13)10-9-16-7-5-4-6-8-16/h4-8,11-12,15H,9-10,20H2,1-3H3/t15-/m0/s1. The van der Waals surface area contributed by atoms with Gasteiger partial charge in [-0.1, -0.05) is 48.0 Å². The van der Waals surface area contributed by atoms with Crippen LogP contribution < -0.4 is 10.5 Å². The predicted octanol–water partition coefficient (Wildman–Crippen LogP) is 3.34. The van der Waals surface area contributed by atoms with Crippen LogP contribution in [0.3, 0.4) is 0 Å². The molecule has 2 rings (SSSR count). The second kappa shape index (κ2) is 7.23. The third-order valence-corrected chi connectivity index (χ3v) is 3.60. The van der Waals surface area contributed by atoms with E-state index in [2.05, 4.69) is 25.1 Å². The minimum absolute atomic E-state index is 0.395. The van der Waals surface area contributed by atoms with Crippen molar-refractivity contribution >= 4 is 5.97 Å². The van der Waals surface area contributed by atoms with E-state index in [-0.39, 0.29) is 0 Å². The summed E-state index contributed by atoms with van der Waals surface area (Å²) in [6.45, 7) is 5.65. The van der Waals surface area contributed by atoms with Crippen LogP contribution in [0, 0.1) is 13.8 Å². The molecule has 2 N–H and O–H groups in total. The van der Waals surface area contributed by atoms with Gasteiger partial charge < -0.3 is 10.5 Å². The van der Waals surface area contributed by atoms with Crippen molar-refractivity contribution in [1.29, 1.82) is 0 Å². The number of carbonyl (C=O) groups excluding carboxylic acids is 1. The molecule has 0 aromatic heterocycles. The molecule has 0 saturated heterocycles. The summed E-state index contributed by atoms with van der Waals surface area (Å²) in [6.07, 6.45) is 1.74. The molecule has 0 aliphatic heterocycles. The Kier molecular flexibility index (Phi) is 5.34. The maximum absolute atomic E-state index is 11.8. The lowest BCUT2D eigenvalue weighted by atomic mass is 9.99. The Balaban J connectivity index is 2.23. The van der Waals surface area contributed by atoms with Gasteiger partial charge in [0.25, 0.3) is 0 Å². The highest BCUT2D eigenvalue weighted by Crippen LogP contribution is 2.27. The van der Waals surface area contributed by atoms with Crippen LogP contribution in [0.2, 0.25) is 0 Å². The minimum atomic E-state index is -0.623. The molecule has 0 radical (unpaired) electrons. The van der Waals surface area contributed by atoms with Crippen LogP contribution in [0.15, 0.2) is 42.5 Å². The highest BCUT2D eigenvalue weighted by atomic mass is 16.5. The highest BCUT2D eigenvalue weighted by Gasteiger charge is 2.15. The first-order valence-corrected chi connectivity index (χ1v) is 7.58. The molecule has 2 aromatic rings. The summed E-state index contributed by atoms with van der Waals surface area (Å²) in [5.41, 5.74) is 10.1. The molecule has 22 heavy (non-hydrogen) atoms. The van der Waals surface area contributed by atoms with Crippen molar-refractivity contribution in [3.05, 3.63) is 64.7 Å². The van der Waals surface area contributed by atoms with Crippen LogP contribution in [0.25, 0.3) is 0 Å². The molecule has 0 aliphatic carbocycles. The minimum Gasteiger partial charge on any atom is -0.425 e. The topological polar surface area (TPSA) is 52.3 Å². The fourth-order valence-corrected chi connectivity index (χ4v) is 2.49. The van der Waals surface area contributed by atoms with Crippen LogP contribution in [0.1, 0.15) is 29.2 Å². The fraction of sp³-hybridized carbons (Fsp3) is 0.316. The lowest BCUT2D eigenvalue weighted by Crippen LogP contribution is -2.31. The number of aryl methyl sites for hydroxylation is 4. The van der Waals surface area contributed by atoms with Crippen LogP contribution >= 0.6 is 0 Å². The van der Waals surface area contributed by atoms with Crippen LogP contribution in [-0.4, -0.2) is 12.0 Å². The molecule has 116 valence electrons. The van der Waals surface area contributed by atoms with Gasteiger partial charge in [-0.3, -0.25) is 0 Å². The van der Waals surface area contributed by atoms with Crippen LogP contribution in [0.5, 0.6) is 5.75 Å². The molecular weight excluding hydrogens is 274 g/mol. The van der Waals surface area contributed by atoms with Crippen molar-refractivity contribution in [1.82, 2.24) is 0 Å². The molecular formula is C19H23NO2. The van der Waals surface area contributed by atoms with Gasteiger partial charge in [0.15, 0.2) is 0 Å². The van der Waals surface area contributed by atoms with E-state index in [0.717, 1.165) is 24.0 Å². The third-order valence-electron chi connectivity index (χ3n) is 3.60. The average molecular weight is 297 g/mol. The van der Waals surface area contributed by atoms with Gasteiger partial charge in [-0.25, -0.2) is 4.79 Å². The zero-order valence-electron chi connectivity index (χ0n) is 13.4. The summed E-state index contributed by atoms with van der Waals surface area (Å²) in [5, 5.41) is 0. The Morgan fingerprint density at radius 2 is 1.82 bits per heavy atom. The van der Waals surface area contributed by atoms with Gasteiger partial charge in [0.05, 0.1) is 0 Å². The van der Waals surface area contributed by atoms with Gasteiger partial charge >= 0.3 is 5.97 Å². The van der Waals surface area contributed by atoms with E-state index in [4.69, 9.17) is 10.5 Å². The molecule has 0 amide bonds. The summed E-state index contributed by atoms with van der Waals surface area (Å²) >= 11 is 0. The van der Waals surface area contributed by atoms with Crippen LogP contribution in [-0.2, 0) is 17.6 Å². The van der Waals surface area contributed by atoms with Gasteiger partial charge in [-0.2, -0.15) is 0 Å². The highest BCUT2D eigenvalue weighted by molar-refractivity contribution is 5.78. The van der Waals surface area contributed by atoms with E-state index >= 15 is 0 Å². The van der Waals surface area contributed by atoms with E-state index in [0.29, 0.717) is 5.75 Å². The van der Waals surface area contributed by atoms with Crippen molar-refractivity contribution < 1.29 is 9.53 Å². The molecule has 0 fully saturated rings. The molecule has 0 heterocycles. The fourth-order valence-electron chi connectivity index (χ4n) is 2.49. The number of hydrogen-bond acceptors (Lipinski definition) is 3. The Labute approximate surface area is 132 Å². The molecule has 3 heteroatoms. The number of hydrogen-bond donors (Lipinski definition) is 1. The molecule has 0 bridgehead atoms. The first-order chi connectivity index (χ1) is 10.5. The van der Waals surface area contributed by atoms with Gasteiger partial charge in [0.1, 0.15) is 11.8 Å². The van der Waals surface area contributed by atoms with Gasteiger partial charge in [-0.15, -0.1) is 0 Å². The van der Waals surface area contributed by atoms with Crippen molar-refractivity contribution in [3.8, 4) is 5.75 Å². The second-order valence-electron chi connectivity index (χ2n) is 5.77. The molecule has 0 aliphatic rings. The van der Waals surface area contributed by atoms with E-state index in [9.17, 15) is 4.79 Å². The molecule has 0 saturated carbocycles. The Morgan fingerprint density at radius 1 is 1.14 bits per heavy atom. The lowest BCUT2D eigenvalue weighted by molar-refractivity contribution is -0.135. The van der Waals surface area contributed by atoms with E-state index in [1.165, 1.54) is 11.1 Å². The maximum Gasteiger partial charge on any atom is 0.328 e. The summed E-state index contributed by atoms with van der Waals surface area (Å²) in [6, 6.07) is 13.8. The molecule has 0 unspecified atom stereocenters. The monoisotopic (exact) mass is 297 g/mol. The summed E-state index contributed by atoms with van der Waals surface area (Å²) < 4.78 is 5.52. The summed E-state index contributed by atoms with van der Waals surface area (Å²) in [5.74, 6) is 0.261. The zero-order valence-corrected chi connectivity index (χ0v) is 13.4. The molecule has 3 nitrogen and oxygen atoms in total. The first-order valence-electron chi connectivity index (χ1n) is 7.58. The van der Waals surface area contributed by atoms with Crippen molar-refractivity contribution in [2.24, 2.45) is 5.73 Å². The lowest BCUT2D eigenvalue weighted by Gasteiger charge is -2.15. The van der Waals surface area contributed by atoms with Crippen molar-refractivity contribution in [2.45, 2.75) is 39.7 Å². The number of nitrogens with two attached hydrogens (primary N) is 1. The largest absolute Gasteiger partial charge is 0.425 e. The quantitative estimate of drug-likeness (QED) is 0.680. The smallest absolute Gasteiger partial charge is 0.328 e. The van der Waals surface area contributed by atoms with E-state index < -0.39 is 12.0 Å². The van der Waals surface area contributed by atoms with Crippen molar-refractivity contribution in [2.75, 3.05) is 0 Å². The predicted molar refractivity (Wildman–Crippen MR) is 89.1 cm³/mol. The number of benzene rings is 2. The summed E-state index contributed by atoms with van der Waals surface area (Å²) in [4.78, 5) is 11.8. The molecule has 2 aromatic carbocycles. The van der Waals surface area contributed by atoms with Gasteiger partial charge in [-0.05, 0) is 50.3 Å². The number of rotatable bonds is 5. The van der Waals surface area contributed by atoms with E-state index in [1.54, 1.807) is 6.92 Å². The number of esters is 1. The third kappa shape index (κ3) is 4.18. The summed E-state index contributed by atoms with van der Waals surface area (Å²) in [7, 11) is 0. The Hall–Kier alpha value is -2.13. The average Bonchev–Trinajstić information content (AvgIpc) is 2.48. The van der Waals surface area contributed by atoms with Crippen molar-refractivity contribution in [3.63, 3.8) is 0 Å². The van der Waals surface area contributed by atoms with E-state index in [1.807, 2.05) is 31.2 Å². The van der Waals surface area contributed by atoms with Crippen LogP contribution in [0.4, 0.5) is 0 Å². The van der Waals surface area contributed by atoms with Gasteiger partial charge in [0.2, 0.25) is 0 Å². The second-order valence-corrected chi connectivity index (χ2v) is 5.77. The SMILES string of the molecule is Cc1cc(C)c(OC(=O)[C@H](C)N)c(CCc2ccccc2)c1. The first kappa shape index (κ1) is 16.2. The van der Waals surface area contributed by atoms with Gasteiger partial charge in [0, 0.05) is 0 Å². The Morgan fingerprint density at radius 3 is 2.45 bits per heavy atom. The Bertz CT molecular complexity index is 648.